The second-order valence-electron chi connectivity index (χ2n) is 4.49. The van der Waals surface area contributed by atoms with E-state index in [2.05, 4.69) is 10.1 Å². The highest BCUT2D eigenvalue weighted by Crippen LogP contribution is 2.10. The minimum absolute atomic E-state index is 0. The molecule has 1 atom stereocenters. The van der Waals surface area contributed by atoms with Gasteiger partial charge in [0.05, 0.1) is 7.11 Å². The van der Waals surface area contributed by atoms with Crippen molar-refractivity contribution in [3.8, 4) is 0 Å². The number of carbonyl (C=O) groups is 2. The summed E-state index contributed by atoms with van der Waals surface area (Å²) in [5, 5.41) is 2.79. The maximum absolute atomic E-state index is 11.4. The molecule has 0 unspecified atom stereocenters. The third-order valence-electron chi connectivity index (χ3n) is 1.89. The van der Waals surface area contributed by atoms with Crippen molar-refractivity contribution in [1.82, 2.24) is 5.32 Å². The first-order chi connectivity index (χ1) is 7.30. The first-order valence-corrected chi connectivity index (χ1v) is 5.27. The van der Waals surface area contributed by atoms with Crippen LogP contribution in [0.4, 0.5) is 0 Å². The quantitative estimate of drug-likeness (QED) is 0.761. The first kappa shape index (κ1) is 18.6. The van der Waals surface area contributed by atoms with Crippen molar-refractivity contribution < 1.29 is 19.1 Å². The Hall–Kier alpha value is -0.810. The fraction of sp³-hybridized carbons (Fsp3) is 0.818. The predicted octanol–water partition coefficient (Wildman–Crippen LogP) is 1.29. The molecule has 5 nitrogen and oxygen atoms in total. The molecule has 6 heteroatoms. The number of rotatable bonds is 5. The number of nitrogens with one attached hydrogen (secondary N) is 1. The normalized spacial score (nSPS) is 12.3. The zero-order chi connectivity index (χ0) is 12.8. The summed E-state index contributed by atoms with van der Waals surface area (Å²) < 4.78 is 9.71. The molecule has 102 valence electrons. The molecule has 0 aromatic heterocycles. The van der Waals surface area contributed by atoms with Crippen LogP contribution in [-0.2, 0) is 19.1 Å². The maximum Gasteiger partial charge on any atom is 0.322 e. The van der Waals surface area contributed by atoms with E-state index in [-0.39, 0.29) is 30.8 Å². The zero-order valence-electron chi connectivity index (χ0n) is 11.0. The fourth-order valence-corrected chi connectivity index (χ4v) is 1.18. The van der Waals surface area contributed by atoms with Gasteiger partial charge in [0, 0.05) is 6.42 Å². The van der Waals surface area contributed by atoms with Crippen LogP contribution in [0.25, 0.3) is 0 Å². The van der Waals surface area contributed by atoms with Crippen molar-refractivity contribution in [2.24, 2.45) is 0 Å². The van der Waals surface area contributed by atoms with Gasteiger partial charge in [-0.25, -0.2) is 0 Å². The van der Waals surface area contributed by atoms with Gasteiger partial charge in [-0.1, -0.05) is 0 Å². The predicted molar refractivity (Wildman–Crippen MR) is 67.2 cm³/mol. The fourth-order valence-electron chi connectivity index (χ4n) is 1.18. The Morgan fingerprint density at radius 3 is 2.18 bits per heavy atom. The van der Waals surface area contributed by atoms with E-state index < -0.39 is 11.6 Å². The number of likely N-dealkylation sites (N-methyl/N-ethyl adjacent to an activating group) is 1. The van der Waals surface area contributed by atoms with Gasteiger partial charge in [-0.05, 0) is 34.2 Å². The summed E-state index contributed by atoms with van der Waals surface area (Å²) in [4.78, 5) is 22.6. The highest BCUT2D eigenvalue weighted by Gasteiger charge is 2.21. The van der Waals surface area contributed by atoms with Gasteiger partial charge in [0.2, 0.25) is 0 Å². The third kappa shape index (κ3) is 8.94. The number of methoxy groups -OCH3 is 1. The minimum Gasteiger partial charge on any atom is -0.468 e. The molecule has 0 saturated heterocycles. The average Bonchev–Trinajstić information content (AvgIpc) is 2.15. The average molecular weight is 268 g/mol. The molecule has 0 aromatic carbocycles. The summed E-state index contributed by atoms with van der Waals surface area (Å²) in [5.41, 5.74) is -0.489. The zero-order valence-corrected chi connectivity index (χ0v) is 11.8. The SMILES string of the molecule is CN[C@@H](CCC(=O)OC(C)(C)C)C(=O)OC.Cl. The van der Waals surface area contributed by atoms with Crippen LogP contribution in [0.15, 0.2) is 0 Å². The summed E-state index contributed by atoms with van der Waals surface area (Å²) >= 11 is 0. The molecular weight excluding hydrogens is 246 g/mol. The number of hydrogen-bond donors (Lipinski definition) is 1. The summed E-state index contributed by atoms with van der Waals surface area (Å²) in [6, 6.07) is -0.461. The second kappa shape index (κ2) is 8.31. The molecule has 1 N–H and O–H groups in total. The molecule has 0 aliphatic rings. The second-order valence-corrected chi connectivity index (χ2v) is 4.49. The van der Waals surface area contributed by atoms with Gasteiger partial charge < -0.3 is 14.8 Å². The molecule has 0 amide bonds. The molecule has 0 fully saturated rings. The Bertz CT molecular complexity index is 250. The lowest BCUT2D eigenvalue weighted by Crippen LogP contribution is -2.36. The number of halogens is 1. The van der Waals surface area contributed by atoms with E-state index in [1.807, 2.05) is 0 Å². The molecule has 0 bridgehead atoms. The topological polar surface area (TPSA) is 64.6 Å². The van der Waals surface area contributed by atoms with Crippen LogP contribution in [0, 0.1) is 0 Å². The van der Waals surface area contributed by atoms with E-state index >= 15 is 0 Å². The Morgan fingerprint density at radius 2 is 1.82 bits per heavy atom. The van der Waals surface area contributed by atoms with E-state index in [0.29, 0.717) is 6.42 Å². The van der Waals surface area contributed by atoms with Crippen molar-refractivity contribution >= 4 is 24.3 Å². The van der Waals surface area contributed by atoms with Crippen LogP contribution < -0.4 is 5.32 Å². The van der Waals surface area contributed by atoms with Crippen LogP contribution in [0.5, 0.6) is 0 Å². The van der Waals surface area contributed by atoms with Crippen LogP contribution in [-0.4, -0.2) is 37.7 Å². The first-order valence-electron chi connectivity index (χ1n) is 5.27. The number of ether oxygens (including phenoxy) is 2. The van der Waals surface area contributed by atoms with Gasteiger partial charge in [-0.2, -0.15) is 0 Å². The Morgan fingerprint density at radius 1 is 1.29 bits per heavy atom. The van der Waals surface area contributed by atoms with Crippen LogP contribution in [0.2, 0.25) is 0 Å². The Kier molecular flexibility index (Phi) is 9.06. The number of hydrogen-bond acceptors (Lipinski definition) is 5. The van der Waals surface area contributed by atoms with Crippen molar-refractivity contribution in [3.05, 3.63) is 0 Å². The van der Waals surface area contributed by atoms with Gasteiger partial charge >= 0.3 is 11.9 Å². The maximum atomic E-state index is 11.4. The molecule has 0 heterocycles. The van der Waals surface area contributed by atoms with Gasteiger partial charge in [0.25, 0.3) is 0 Å². The van der Waals surface area contributed by atoms with E-state index in [1.165, 1.54) is 7.11 Å². The lowest BCUT2D eigenvalue weighted by Gasteiger charge is -2.20. The molecule has 0 rings (SSSR count). The van der Waals surface area contributed by atoms with E-state index in [1.54, 1.807) is 27.8 Å². The molecule has 17 heavy (non-hydrogen) atoms. The van der Waals surface area contributed by atoms with Crippen LogP contribution in [0.3, 0.4) is 0 Å². The summed E-state index contributed by atoms with van der Waals surface area (Å²) in [5.74, 6) is -0.678. The molecular formula is C11H22ClNO4. The van der Waals surface area contributed by atoms with Crippen LogP contribution >= 0.6 is 12.4 Å². The highest BCUT2D eigenvalue weighted by molar-refractivity contribution is 5.85. The largest absolute Gasteiger partial charge is 0.468 e. The molecule has 0 aliphatic carbocycles. The minimum atomic E-state index is -0.489. The van der Waals surface area contributed by atoms with Crippen molar-refractivity contribution in [2.75, 3.05) is 14.2 Å². The molecule has 0 radical (unpaired) electrons. The van der Waals surface area contributed by atoms with Gasteiger partial charge in [-0.3, -0.25) is 9.59 Å². The standard InChI is InChI=1S/C11H21NO4.ClH/c1-11(2,3)16-9(13)7-6-8(12-4)10(14)15-5;/h8,12H,6-7H2,1-5H3;1H/t8-;/m0./s1. The lowest BCUT2D eigenvalue weighted by molar-refractivity contribution is -0.155. The summed E-state index contributed by atoms with van der Waals surface area (Å²) in [6.45, 7) is 5.42. The summed E-state index contributed by atoms with van der Waals surface area (Å²) in [7, 11) is 2.97. The van der Waals surface area contributed by atoms with E-state index in [9.17, 15) is 9.59 Å². The Labute approximate surface area is 109 Å². The van der Waals surface area contributed by atoms with Crippen molar-refractivity contribution in [2.45, 2.75) is 45.3 Å². The van der Waals surface area contributed by atoms with Gasteiger partial charge in [-0.15, -0.1) is 12.4 Å². The molecule has 0 aromatic rings. The van der Waals surface area contributed by atoms with Crippen molar-refractivity contribution in [3.63, 3.8) is 0 Å². The highest BCUT2D eigenvalue weighted by atomic mass is 35.5. The molecule has 0 aliphatic heterocycles. The van der Waals surface area contributed by atoms with Crippen LogP contribution in [0.1, 0.15) is 33.6 Å². The lowest BCUT2D eigenvalue weighted by atomic mass is 10.1. The molecule has 0 saturated carbocycles. The monoisotopic (exact) mass is 267 g/mol. The number of carbonyl (C=O) groups excluding carboxylic acids is 2. The summed E-state index contributed by atoms with van der Waals surface area (Å²) in [6.07, 6.45) is 0.565. The van der Waals surface area contributed by atoms with E-state index in [4.69, 9.17) is 4.74 Å². The number of esters is 2. The Balaban J connectivity index is 0. The van der Waals surface area contributed by atoms with Crippen molar-refractivity contribution in [1.29, 1.82) is 0 Å². The smallest absolute Gasteiger partial charge is 0.322 e. The molecule has 0 spiro atoms. The van der Waals surface area contributed by atoms with Gasteiger partial charge in [0.15, 0.2) is 0 Å². The van der Waals surface area contributed by atoms with E-state index in [0.717, 1.165) is 0 Å². The van der Waals surface area contributed by atoms with Gasteiger partial charge in [0.1, 0.15) is 11.6 Å². The third-order valence-corrected chi connectivity index (χ3v) is 1.89.